The van der Waals surface area contributed by atoms with E-state index in [2.05, 4.69) is 15.3 Å². The maximum absolute atomic E-state index is 13.6. The number of aromatic nitrogens is 2. The van der Waals surface area contributed by atoms with Crippen LogP contribution in [0.4, 0.5) is 10.3 Å². The third kappa shape index (κ3) is 8.57. The maximum Gasteiger partial charge on any atom is 0.325 e. The van der Waals surface area contributed by atoms with Crippen molar-refractivity contribution in [3.8, 4) is 11.3 Å². The van der Waals surface area contributed by atoms with E-state index in [1.807, 2.05) is 13.8 Å². The molecular weight excluding hydrogens is 519 g/mol. The molecule has 0 spiro atoms. The van der Waals surface area contributed by atoms with Crippen LogP contribution < -0.4 is 9.62 Å². The molecule has 0 bridgehead atoms. The Hall–Kier alpha value is -3.42. The molecule has 1 aromatic carbocycles. The van der Waals surface area contributed by atoms with Crippen LogP contribution in [0.1, 0.15) is 50.8 Å². The van der Waals surface area contributed by atoms with Gasteiger partial charge >= 0.3 is 5.97 Å². The van der Waals surface area contributed by atoms with E-state index < -0.39 is 52.4 Å². The molecule has 208 valence electrons. The van der Waals surface area contributed by atoms with Crippen molar-refractivity contribution in [2.75, 3.05) is 17.6 Å². The number of hydrogen-bond donors (Lipinski definition) is 4. The molecule has 11 nitrogen and oxygen atoms in total. The van der Waals surface area contributed by atoms with Gasteiger partial charge in [-0.2, -0.15) is 0 Å². The molecule has 0 fully saturated rings. The van der Waals surface area contributed by atoms with Crippen LogP contribution in [0.3, 0.4) is 0 Å². The highest BCUT2D eigenvalue weighted by molar-refractivity contribution is 7.92. The summed E-state index contributed by atoms with van der Waals surface area (Å²) in [5.41, 5.74) is 1.71. The molecule has 2 aromatic rings. The van der Waals surface area contributed by atoms with E-state index in [4.69, 9.17) is 5.11 Å². The van der Waals surface area contributed by atoms with Gasteiger partial charge in [0.1, 0.15) is 11.9 Å². The van der Waals surface area contributed by atoms with E-state index in [0.29, 0.717) is 22.5 Å². The standard InChI is InChI=1S/C25H33FN4O7S/c1-14(2)22-20(11-10-18(31)12-19(32)13-21(33)27-15(3)24(34)35)23(16-6-8-17(26)9-7-16)29-25(28-22)30(4)38(5,36)37/h6-11,14-15,18-19,31-32H,12-13H2,1-5H3,(H,27,33)(H,34,35)/b11-10+/t15-,18-,19+/m0/s1. The minimum Gasteiger partial charge on any atom is -0.480 e. The number of carbonyl (C=O) groups excluding carboxylic acids is 1. The monoisotopic (exact) mass is 552 g/mol. The molecule has 0 saturated carbocycles. The van der Waals surface area contributed by atoms with Crippen molar-refractivity contribution in [2.45, 2.75) is 57.8 Å². The molecule has 2 rings (SSSR count). The fourth-order valence-electron chi connectivity index (χ4n) is 3.42. The molecule has 0 radical (unpaired) electrons. The number of nitrogens with one attached hydrogen (secondary N) is 1. The van der Waals surface area contributed by atoms with Crippen molar-refractivity contribution in [1.82, 2.24) is 15.3 Å². The normalized spacial score (nSPS) is 14.3. The first kappa shape index (κ1) is 30.8. The number of aliphatic hydroxyl groups excluding tert-OH is 2. The zero-order valence-corrected chi connectivity index (χ0v) is 22.6. The van der Waals surface area contributed by atoms with Crippen molar-refractivity contribution >= 4 is 33.9 Å². The zero-order valence-electron chi connectivity index (χ0n) is 21.8. The summed E-state index contributed by atoms with van der Waals surface area (Å²) in [6.07, 6.45) is 0.843. The third-order valence-electron chi connectivity index (χ3n) is 5.57. The molecular formula is C25H33FN4O7S. The number of rotatable bonds is 12. The summed E-state index contributed by atoms with van der Waals surface area (Å²) in [5, 5.41) is 31.8. The second-order valence-corrected chi connectivity index (χ2v) is 11.2. The topological polar surface area (TPSA) is 170 Å². The molecule has 0 aliphatic rings. The molecule has 1 amide bonds. The lowest BCUT2D eigenvalue weighted by molar-refractivity contribution is -0.141. The van der Waals surface area contributed by atoms with E-state index in [1.165, 1.54) is 50.4 Å². The molecule has 0 aliphatic heterocycles. The Morgan fingerprint density at radius 2 is 1.74 bits per heavy atom. The van der Waals surface area contributed by atoms with Crippen LogP contribution in [0.25, 0.3) is 17.3 Å². The van der Waals surface area contributed by atoms with Crippen LogP contribution in [0, 0.1) is 5.82 Å². The van der Waals surface area contributed by atoms with Gasteiger partial charge < -0.3 is 20.6 Å². The number of nitrogens with zero attached hydrogens (tertiary/aromatic N) is 3. The highest BCUT2D eigenvalue weighted by Gasteiger charge is 2.23. The summed E-state index contributed by atoms with van der Waals surface area (Å²) >= 11 is 0. The summed E-state index contributed by atoms with van der Waals surface area (Å²) in [5.74, 6) is -2.65. The van der Waals surface area contributed by atoms with Gasteiger partial charge in [0.15, 0.2) is 0 Å². The molecule has 1 heterocycles. The van der Waals surface area contributed by atoms with Gasteiger partial charge in [0.2, 0.25) is 21.9 Å². The largest absolute Gasteiger partial charge is 0.480 e. The van der Waals surface area contributed by atoms with Gasteiger partial charge in [-0.3, -0.25) is 9.59 Å². The van der Waals surface area contributed by atoms with Crippen LogP contribution in [0.5, 0.6) is 0 Å². The second kappa shape index (κ2) is 12.9. The first-order valence-electron chi connectivity index (χ1n) is 11.8. The number of amides is 1. The fourth-order valence-corrected chi connectivity index (χ4v) is 3.80. The van der Waals surface area contributed by atoms with E-state index in [1.54, 1.807) is 0 Å². The Morgan fingerprint density at radius 3 is 2.26 bits per heavy atom. The summed E-state index contributed by atoms with van der Waals surface area (Å²) in [4.78, 5) is 31.6. The summed E-state index contributed by atoms with van der Waals surface area (Å²) < 4.78 is 38.8. The van der Waals surface area contributed by atoms with Gasteiger partial charge in [-0.05, 0) is 37.1 Å². The third-order valence-corrected chi connectivity index (χ3v) is 6.73. The van der Waals surface area contributed by atoms with Gasteiger partial charge in [0, 0.05) is 24.6 Å². The predicted molar refractivity (Wildman–Crippen MR) is 140 cm³/mol. The second-order valence-electron chi connectivity index (χ2n) is 9.21. The Bertz CT molecular complexity index is 1280. The van der Waals surface area contributed by atoms with E-state index in [-0.39, 0.29) is 18.3 Å². The number of carbonyl (C=O) groups is 2. The molecule has 3 atom stereocenters. The average molecular weight is 553 g/mol. The first-order valence-corrected chi connectivity index (χ1v) is 13.6. The first-order chi connectivity index (χ1) is 17.6. The lowest BCUT2D eigenvalue weighted by Crippen LogP contribution is -2.39. The number of hydrogen-bond acceptors (Lipinski definition) is 8. The van der Waals surface area contributed by atoms with E-state index >= 15 is 0 Å². The number of halogens is 1. The smallest absolute Gasteiger partial charge is 0.325 e. The number of carboxylic acids is 1. The average Bonchev–Trinajstić information content (AvgIpc) is 2.81. The van der Waals surface area contributed by atoms with Crippen molar-refractivity contribution in [2.24, 2.45) is 0 Å². The molecule has 13 heteroatoms. The van der Waals surface area contributed by atoms with Crippen molar-refractivity contribution in [1.29, 1.82) is 0 Å². The quantitative estimate of drug-likeness (QED) is 0.307. The highest BCUT2D eigenvalue weighted by atomic mass is 32.2. The Labute approximate surface area is 221 Å². The number of aliphatic carboxylic acids is 1. The Kier molecular flexibility index (Phi) is 10.5. The predicted octanol–water partition coefficient (Wildman–Crippen LogP) is 1.91. The summed E-state index contributed by atoms with van der Waals surface area (Å²) in [6, 6.07) is 4.33. The van der Waals surface area contributed by atoms with Crippen LogP contribution >= 0.6 is 0 Å². The van der Waals surface area contributed by atoms with E-state index in [0.717, 1.165) is 10.6 Å². The van der Waals surface area contributed by atoms with Crippen LogP contribution in [0.2, 0.25) is 0 Å². The van der Waals surface area contributed by atoms with Gasteiger partial charge in [0.05, 0.1) is 36.3 Å². The van der Waals surface area contributed by atoms with Gasteiger partial charge in [0.25, 0.3) is 0 Å². The van der Waals surface area contributed by atoms with Gasteiger partial charge in [-0.1, -0.05) is 26.0 Å². The molecule has 0 unspecified atom stereocenters. The summed E-state index contributed by atoms with van der Waals surface area (Å²) in [7, 11) is -2.36. The van der Waals surface area contributed by atoms with Crippen LogP contribution in [-0.4, -0.2) is 77.1 Å². The van der Waals surface area contributed by atoms with Crippen molar-refractivity contribution in [3.63, 3.8) is 0 Å². The summed E-state index contributed by atoms with van der Waals surface area (Å²) in [6.45, 7) is 4.97. The molecule has 1 aromatic heterocycles. The SMILES string of the molecule is CC(C)c1nc(N(C)S(C)(=O)=O)nc(-c2ccc(F)cc2)c1/C=C/[C@H](O)C[C@@H](O)CC(=O)N[C@@H](C)C(=O)O. The fraction of sp³-hybridized carbons (Fsp3) is 0.440. The number of anilines is 1. The number of benzene rings is 1. The number of sulfonamides is 1. The lowest BCUT2D eigenvalue weighted by Gasteiger charge is -2.20. The Balaban J connectivity index is 2.41. The minimum atomic E-state index is -3.68. The number of aliphatic hydroxyl groups is 2. The van der Waals surface area contributed by atoms with Crippen LogP contribution in [0.15, 0.2) is 30.3 Å². The Morgan fingerprint density at radius 1 is 1.13 bits per heavy atom. The number of carboxylic acid groups (broad SMARTS) is 1. The minimum absolute atomic E-state index is 0.0785. The molecule has 0 aliphatic carbocycles. The van der Waals surface area contributed by atoms with E-state index in [9.17, 15) is 32.6 Å². The molecule has 4 N–H and O–H groups in total. The molecule has 0 saturated heterocycles. The van der Waals surface area contributed by atoms with Crippen LogP contribution in [-0.2, 0) is 19.6 Å². The maximum atomic E-state index is 13.6. The molecule has 38 heavy (non-hydrogen) atoms. The van der Waals surface area contributed by atoms with Gasteiger partial charge in [-0.25, -0.2) is 27.1 Å². The van der Waals surface area contributed by atoms with Crippen molar-refractivity contribution in [3.05, 3.63) is 47.4 Å². The van der Waals surface area contributed by atoms with Gasteiger partial charge in [-0.15, -0.1) is 0 Å². The van der Waals surface area contributed by atoms with Crippen molar-refractivity contribution < 1.29 is 37.7 Å². The lowest BCUT2D eigenvalue weighted by atomic mass is 9.97. The highest BCUT2D eigenvalue weighted by Crippen LogP contribution is 2.31. The zero-order chi connectivity index (χ0) is 28.8.